The molecular weight excluding hydrogens is 154 g/mol. The van der Waals surface area contributed by atoms with E-state index in [2.05, 4.69) is 4.90 Å². The van der Waals surface area contributed by atoms with Gasteiger partial charge in [-0.2, -0.15) is 0 Å². The molecule has 0 saturated carbocycles. The van der Waals surface area contributed by atoms with Gasteiger partial charge in [-0.1, -0.05) is 13.8 Å². The van der Waals surface area contributed by atoms with Gasteiger partial charge in [-0.3, -0.25) is 0 Å². The Labute approximate surface area is 75.0 Å². The molecule has 12 heavy (non-hydrogen) atoms. The van der Waals surface area contributed by atoms with Crippen LogP contribution in [0.3, 0.4) is 0 Å². The lowest BCUT2D eigenvalue weighted by molar-refractivity contribution is 0.00664. The molecule has 2 N–H and O–H groups in total. The number of hydrogen-bond acceptors (Lipinski definition) is 3. The lowest BCUT2D eigenvalue weighted by Crippen LogP contribution is -2.42. The largest absolute Gasteiger partial charge is 0.396 e. The fourth-order valence-electron chi connectivity index (χ4n) is 1.35. The highest BCUT2D eigenvalue weighted by Gasteiger charge is 2.24. The predicted molar refractivity (Wildman–Crippen MR) is 50.0 cm³/mol. The van der Waals surface area contributed by atoms with Crippen LogP contribution in [0.5, 0.6) is 0 Å². The summed E-state index contributed by atoms with van der Waals surface area (Å²) in [6.07, 6.45) is 0.581. The van der Waals surface area contributed by atoms with Gasteiger partial charge < -0.3 is 15.1 Å². The van der Waals surface area contributed by atoms with Crippen LogP contribution in [0.2, 0.25) is 0 Å². The van der Waals surface area contributed by atoms with Crippen molar-refractivity contribution in [1.29, 1.82) is 0 Å². The average Bonchev–Trinajstić information content (AvgIpc) is 2.08. The zero-order chi connectivity index (χ0) is 9.56. The van der Waals surface area contributed by atoms with Gasteiger partial charge in [-0.05, 0) is 20.0 Å². The zero-order valence-corrected chi connectivity index (χ0v) is 8.32. The summed E-state index contributed by atoms with van der Waals surface area (Å²) < 4.78 is 0. The third-order valence-corrected chi connectivity index (χ3v) is 2.16. The molecule has 0 aromatic heterocycles. The van der Waals surface area contributed by atoms with E-state index in [0.717, 1.165) is 13.0 Å². The van der Waals surface area contributed by atoms with E-state index >= 15 is 0 Å². The summed E-state index contributed by atoms with van der Waals surface area (Å²) in [5, 5.41) is 18.1. The molecule has 1 fully saturated rings. The maximum absolute atomic E-state index is 9.34. The average molecular weight is 175 g/mol. The molecule has 0 aromatic rings. The number of aliphatic hydroxyl groups is 2. The molecule has 1 heterocycles. The van der Waals surface area contributed by atoms with Crippen LogP contribution in [0.15, 0.2) is 0 Å². The van der Waals surface area contributed by atoms with Gasteiger partial charge in [0.15, 0.2) is 0 Å². The summed E-state index contributed by atoms with van der Waals surface area (Å²) in [7, 11) is 1.98. The van der Waals surface area contributed by atoms with Crippen LogP contribution < -0.4 is 0 Å². The Bertz CT molecular complexity index is 109. The lowest BCUT2D eigenvalue weighted by Gasteiger charge is -2.32. The number of aliphatic hydroxyl groups excluding tert-OH is 2. The maximum Gasteiger partial charge on any atom is 0.0717 e. The standard InChI is InChI=1S/C7H15NO2.C2H6/c1-8-3-2-6(5-9)7(10)4-8;1-2/h6-7,9-10H,2-5H2,1H3;1-2H3. The van der Waals surface area contributed by atoms with Crippen molar-refractivity contribution in [2.75, 3.05) is 26.7 Å². The summed E-state index contributed by atoms with van der Waals surface area (Å²) in [4.78, 5) is 2.08. The lowest BCUT2D eigenvalue weighted by atomic mass is 9.95. The van der Waals surface area contributed by atoms with Crippen molar-refractivity contribution < 1.29 is 10.2 Å². The molecule has 0 bridgehead atoms. The molecule has 0 spiro atoms. The molecule has 3 heteroatoms. The van der Waals surface area contributed by atoms with E-state index in [1.165, 1.54) is 0 Å². The summed E-state index contributed by atoms with van der Waals surface area (Å²) in [6.45, 7) is 5.81. The fourth-order valence-corrected chi connectivity index (χ4v) is 1.35. The van der Waals surface area contributed by atoms with Crippen LogP contribution in [0, 0.1) is 5.92 Å². The second-order valence-corrected chi connectivity index (χ2v) is 3.06. The fraction of sp³-hybridized carbons (Fsp3) is 1.00. The zero-order valence-electron chi connectivity index (χ0n) is 8.32. The van der Waals surface area contributed by atoms with Crippen LogP contribution >= 0.6 is 0 Å². The Balaban J connectivity index is 0.000000561. The third-order valence-electron chi connectivity index (χ3n) is 2.16. The van der Waals surface area contributed by atoms with Gasteiger partial charge in [-0.25, -0.2) is 0 Å². The monoisotopic (exact) mass is 175 g/mol. The normalized spacial score (nSPS) is 30.8. The van der Waals surface area contributed by atoms with Crippen LogP contribution in [-0.2, 0) is 0 Å². The molecule has 1 aliphatic rings. The minimum Gasteiger partial charge on any atom is -0.396 e. The van der Waals surface area contributed by atoms with E-state index in [1.54, 1.807) is 0 Å². The van der Waals surface area contributed by atoms with Gasteiger partial charge >= 0.3 is 0 Å². The van der Waals surface area contributed by atoms with Crippen molar-refractivity contribution in [2.45, 2.75) is 26.4 Å². The van der Waals surface area contributed by atoms with Crippen molar-refractivity contribution in [3.05, 3.63) is 0 Å². The Morgan fingerprint density at radius 2 is 2.00 bits per heavy atom. The second kappa shape index (κ2) is 6.40. The first-order chi connectivity index (χ1) is 5.74. The SMILES string of the molecule is CC.CN1CCC(CO)C(O)C1. The molecule has 0 aliphatic carbocycles. The Morgan fingerprint density at radius 1 is 1.42 bits per heavy atom. The smallest absolute Gasteiger partial charge is 0.0717 e. The van der Waals surface area contributed by atoms with E-state index in [9.17, 15) is 5.11 Å². The second-order valence-electron chi connectivity index (χ2n) is 3.06. The first-order valence-electron chi connectivity index (χ1n) is 4.71. The predicted octanol–water partition coefficient (Wildman–Crippen LogP) is 0.318. The van der Waals surface area contributed by atoms with Crippen LogP contribution in [0.4, 0.5) is 0 Å². The molecule has 1 rings (SSSR count). The van der Waals surface area contributed by atoms with Crippen molar-refractivity contribution >= 4 is 0 Å². The highest BCUT2D eigenvalue weighted by atomic mass is 16.3. The van der Waals surface area contributed by atoms with Crippen molar-refractivity contribution in [1.82, 2.24) is 4.90 Å². The molecular formula is C9H21NO2. The topological polar surface area (TPSA) is 43.7 Å². The van der Waals surface area contributed by atoms with Crippen molar-refractivity contribution in [3.8, 4) is 0 Å². The van der Waals surface area contributed by atoms with Gasteiger partial charge in [0.05, 0.1) is 6.10 Å². The molecule has 1 saturated heterocycles. The molecule has 0 radical (unpaired) electrons. The van der Waals surface area contributed by atoms with E-state index in [4.69, 9.17) is 5.11 Å². The van der Waals surface area contributed by atoms with Gasteiger partial charge in [-0.15, -0.1) is 0 Å². The van der Waals surface area contributed by atoms with E-state index in [-0.39, 0.29) is 18.6 Å². The van der Waals surface area contributed by atoms with Crippen molar-refractivity contribution in [2.24, 2.45) is 5.92 Å². The van der Waals surface area contributed by atoms with Gasteiger partial charge in [0.2, 0.25) is 0 Å². The van der Waals surface area contributed by atoms with E-state index in [1.807, 2.05) is 20.9 Å². The number of hydrogen-bond donors (Lipinski definition) is 2. The molecule has 3 nitrogen and oxygen atoms in total. The number of piperidine rings is 1. The van der Waals surface area contributed by atoms with Crippen molar-refractivity contribution in [3.63, 3.8) is 0 Å². The number of β-amino-alcohol motifs (C(OH)–C–C–N with tert-alkyl or cyclic N) is 1. The molecule has 2 unspecified atom stereocenters. The number of nitrogens with zero attached hydrogens (tertiary/aromatic N) is 1. The highest BCUT2D eigenvalue weighted by molar-refractivity contribution is 4.77. The number of rotatable bonds is 1. The number of likely N-dealkylation sites (N-methyl/N-ethyl adjacent to an activating group) is 1. The van der Waals surface area contributed by atoms with E-state index in [0.29, 0.717) is 6.54 Å². The van der Waals surface area contributed by atoms with Gasteiger partial charge in [0.1, 0.15) is 0 Å². The minimum atomic E-state index is -0.330. The summed E-state index contributed by atoms with van der Waals surface area (Å²) in [5.74, 6) is 0.108. The Kier molecular flexibility index (Phi) is 6.34. The molecule has 74 valence electrons. The van der Waals surface area contributed by atoms with Crippen LogP contribution in [-0.4, -0.2) is 48.0 Å². The first-order valence-corrected chi connectivity index (χ1v) is 4.71. The molecule has 2 atom stereocenters. The third kappa shape index (κ3) is 3.52. The van der Waals surface area contributed by atoms with E-state index < -0.39 is 0 Å². The summed E-state index contributed by atoms with van der Waals surface area (Å²) in [5.41, 5.74) is 0. The summed E-state index contributed by atoms with van der Waals surface area (Å²) in [6, 6.07) is 0. The molecule has 1 aliphatic heterocycles. The molecule has 0 amide bonds. The Morgan fingerprint density at radius 3 is 2.42 bits per heavy atom. The minimum absolute atomic E-state index is 0.108. The van der Waals surface area contributed by atoms with Gasteiger partial charge in [0.25, 0.3) is 0 Å². The highest BCUT2D eigenvalue weighted by Crippen LogP contribution is 2.15. The van der Waals surface area contributed by atoms with Crippen LogP contribution in [0.25, 0.3) is 0 Å². The van der Waals surface area contributed by atoms with Gasteiger partial charge in [0, 0.05) is 19.1 Å². The quantitative estimate of drug-likeness (QED) is 0.603. The Hall–Kier alpha value is -0.120. The number of likely N-dealkylation sites (tertiary alicyclic amines) is 1. The first kappa shape index (κ1) is 11.9. The summed E-state index contributed by atoms with van der Waals surface area (Å²) >= 11 is 0. The van der Waals surface area contributed by atoms with Crippen LogP contribution in [0.1, 0.15) is 20.3 Å². The molecule has 0 aromatic carbocycles. The maximum atomic E-state index is 9.34.